The molecule has 0 aliphatic heterocycles. The zero-order valence-corrected chi connectivity index (χ0v) is 11.1. The lowest BCUT2D eigenvalue weighted by Gasteiger charge is -2.12. The highest BCUT2D eigenvalue weighted by Gasteiger charge is 2.31. The Labute approximate surface area is 111 Å². The van der Waals surface area contributed by atoms with Crippen LogP contribution in [0.2, 0.25) is 5.28 Å². The van der Waals surface area contributed by atoms with Crippen molar-refractivity contribution in [3.63, 3.8) is 0 Å². The molecule has 0 atom stereocenters. The first kappa shape index (κ1) is 11.5. The topological polar surface area (TPSA) is 39.9 Å². The average molecular weight is 264 g/mol. The minimum atomic E-state index is 0.390. The number of methoxy groups -OCH3 is 1. The molecular formula is C13H14ClN3O. The summed E-state index contributed by atoms with van der Waals surface area (Å²) in [5.41, 5.74) is 2.06. The number of halogens is 1. The Kier molecular flexibility index (Phi) is 2.74. The molecule has 1 aliphatic rings. The van der Waals surface area contributed by atoms with Gasteiger partial charge in [0.25, 0.3) is 0 Å². The summed E-state index contributed by atoms with van der Waals surface area (Å²) in [6, 6.07) is 6.00. The summed E-state index contributed by atoms with van der Waals surface area (Å²) in [5.74, 6) is 2.20. The van der Waals surface area contributed by atoms with E-state index in [0.717, 1.165) is 35.7 Å². The predicted molar refractivity (Wildman–Crippen MR) is 69.6 cm³/mol. The lowest BCUT2D eigenvalue weighted by molar-refractivity contribution is 0.412. The van der Waals surface area contributed by atoms with Crippen LogP contribution in [0.25, 0.3) is 5.69 Å². The summed E-state index contributed by atoms with van der Waals surface area (Å²) in [7, 11) is 1.66. The second-order valence-electron chi connectivity index (χ2n) is 4.61. The molecule has 1 saturated carbocycles. The van der Waals surface area contributed by atoms with Gasteiger partial charge in [-0.25, -0.2) is 0 Å². The molecule has 1 aromatic heterocycles. The number of ether oxygens (including phenoxy) is 1. The fraction of sp³-hybridized carbons (Fsp3) is 0.385. The summed E-state index contributed by atoms with van der Waals surface area (Å²) in [6.45, 7) is 2.04. The van der Waals surface area contributed by atoms with E-state index in [1.54, 1.807) is 7.11 Å². The molecule has 0 bridgehead atoms. The first-order chi connectivity index (χ1) is 8.70. The molecule has 0 saturated heterocycles. The van der Waals surface area contributed by atoms with Gasteiger partial charge in [0.1, 0.15) is 11.6 Å². The lowest BCUT2D eigenvalue weighted by Crippen LogP contribution is -2.03. The van der Waals surface area contributed by atoms with Crippen LogP contribution < -0.4 is 4.74 Å². The molecule has 2 aromatic rings. The van der Waals surface area contributed by atoms with E-state index in [1.807, 2.05) is 29.7 Å². The number of nitrogens with zero attached hydrogens (tertiary/aromatic N) is 3. The molecule has 1 aromatic carbocycles. The molecule has 3 rings (SSSR count). The Morgan fingerprint density at radius 3 is 2.78 bits per heavy atom. The second kappa shape index (κ2) is 4.28. The predicted octanol–water partition coefficient (Wildman–Crippen LogP) is 3.12. The van der Waals surface area contributed by atoms with Crippen molar-refractivity contribution in [1.82, 2.24) is 14.8 Å². The normalized spacial score (nSPS) is 14.8. The monoisotopic (exact) mass is 263 g/mol. The third-order valence-corrected chi connectivity index (χ3v) is 3.41. The number of rotatable bonds is 3. The highest BCUT2D eigenvalue weighted by molar-refractivity contribution is 6.28. The van der Waals surface area contributed by atoms with E-state index in [2.05, 4.69) is 10.2 Å². The van der Waals surface area contributed by atoms with Gasteiger partial charge in [-0.3, -0.25) is 4.57 Å². The molecule has 94 valence electrons. The van der Waals surface area contributed by atoms with Gasteiger partial charge in [-0.1, -0.05) is 6.07 Å². The maximum absolute atomic E-state index is 6.17. The van der Waals surface area contributed by atoms with Crippen molar-refractivity contribution in [3.05, 3.63) is 34.9 Å². The minimum absolute atomic E-state index is 0.390. The van der Waals surface area contributed by atoms with Crippen LogP contribution in [0.4, 0.5) is 0 Å². The molecule has 0 unspecified atom stereocenters. The highest BCUT2D eigenvalue weighted by atomic mass is 35.5. The van der Waals surface area contributed by atoms with Gasteiger partial charge in [-0.05, 0) is 49.1 Å². The third kappa shape index (κ3) is 1.86. The van der Waals surface area contributed by atoms with Gasteiger partial charge < -0.3 is 4.74 Å². The van der Waals surface area contributed by atoms with Crippen molar-refractivity contribution in [1.29, 1.82) is 0 Å². The van der Waals surface area contributed by atoms with E-state index in [4.69, 9.17) is 16.3 Å². The van der Waals surface area contributed by atoms with Crippen LogP contribution in [0.5, 0.6) is 5.75 Å². The van der Waals surface area contributed by atoms with Gasteiger partial charge in [0.2, 0.25) is 5.28 Å². The molecule has 0 radical (unpaired) electrons. The first-order valence-corrected chi connectivity index (χ1v) is 6.34. The van der Waals surface area contributed by atoms with Crippen LogP contribution >= 0.6 is 11.6 Å². The van der Waals surface area contributed by atoms with Crippen LogP contribution in [-0.2, 0) is 0 Å². The number of benzene rings is 1. The molecule has 4 nitrogen and oxygen atoms in total. The smallest absolute Gasteiger partial charge is 0.229 e. The SMILES string of the molecule is COc1ccc(C)cc1-n1c(Cl)nnc1C1CC1. The number of aromatic nitrogens is 3. The van der Waals surface area contributed by atoms with E-state index < -0.39 is 0 Å². The van der Waals surface area contributed by atoms with Crippen LogP contribution in [0.3, 0.4) is 0 Å². The highest BCUT2D eigenvalue weighted by Crippen LogP contribution is 2.41. The zero-order chi connectivity index (χ0) is 12.7. The van der Waals surface area contributed by atoms with E-state index in [0.29, 0.717) is 11.2 Å². The lowest BCUT2D eigenvalue weighted by atomic mass is 10.2. The van der Waals surface area contributed by atoms with Crippen molar-refractivity contribution >= 4 is 11.6 Å². The molecule has 0 amide bonds. The van der Waals surface area contributed by atoms with Crippen molar-refractivity contribution in [2.75, 3.05) is 7.11 Å². The van der Waals surface area contributed by atoms with Crippen molar-refractivity contribution in [2.24, 2.45) is 0 Å². The Balaban J connectivity index is 2.19. The summed E-state index contributed by atoms with van der Waals surface area (Å²) >= 11 is 6.17. The van der Waals surface area contributed by atoms with Crippen LogP contribution in [0, 0.1) is 6.92 Å². The molecule has 1 heterocycles. The Morgan fingerprint density at radius 2 is 2.11 bits per heavy atom. The van der Waals surface area contributed by atoms with E-state index >= 15 is 0 Å². The van der Waals surface area contributed by atoms with Gasteiger partial charge in [0.15, 0.2) is 0 Å². The zero-order valence-electron chi connectivity index (χ0n) is 10.4. The van der Waals surface area contributed by atoms with Crippen LogP contribution in [0.1, 0.15) is 30.1 Å². The first-order valence-electron chi connectivity index (χ1n) is 5.96. The van der Waals surface area contributed by atoms with Crippen molar-refractivity contribution < 1.29 is 4.74 Å². The maximum Gasteiger partial charge on any atom is 0.229 e. The number of aryl methyl sites for hydroxylation is 1. The third-order valence-electron chi connectivity index (χ3n) is 3.17. The van der Waals surface area contributed by atoms with Crippen molar-refractivity contribution in [2.45, 2.75) is 25.7 Å². The molecule has 1 aliphatic carbocycles. The van der Waals surface area contributed by atoms with Crippen LogP contribution in [0.15, 0.2) is 18.2 Å². The molecule has 0 spiro atoms. The molecule has 18 heavy (non-hydrogen) atoms. The standard InChI is InChI=1S/C13H14ClN3O/c1-8-3-6-11(18-2)10(7-8)17-12(9-4-5-9)15-16-13(17)14/h3,6-7,9H,4-5H2,1-2H3. The second-order valence-corrected chi connectivity index (χ2v) is 4.95. The summed E-state index contributed by atoms with van der Waals surface area (Å²) in [4.78, 5) is 0. The van der Waals surface area contributed by atoms with Gasteiger partial charge in [-0.2, -0.15) is 0 Å². The maximum atomic E-state index is 6.17. The summed E-state index contributed by atoms with van der Waals surface area (Å²) in [6.07, 6.45) is 2.31. The van der Waals surface area contributed by atoms with Gasteiger partial charge >= 0.3 is 0 Å². The van der Waals surface area contributed by atoms with Crippen LogP contribution in [-0.4, -0.2) is 21.9 Å². The molecule has 5 heteroatoms. The molecular weight excluding hydrogens is 250 g/mol. The summed E-state index contributed by atoms with van der Waals surface area (Å²) < 4.78 is 7.29. The van der Waals surface area contributed by atoms with E-state index in [9.17, 15) is 0 Å². The average Bonchev–Trinajstić information content (AvgIpc) is 3.13. The quantitative estimate of drug-likeness (QED) is 0.854. The number of hydrogen-bond donors (Lipinski definition) is 0. The molecule has 1 fully saturated rings. The fourth-order valence-corrected chi connectivity index (χ4v) is 2.30. The van der Waals surface area contributed by atoms with E-state index in [-0.39, 0.29) is 0 Å². The van der Waals surface area contributed by atoms with Gasteiger partial charge in [0, 0.05) is 5.92 Å². The number of hydrogen-bond acceptors (Lipinski definition) is 3. The Hall–Kier alpha value is -1.55. The van der Waals surface area contributed by atoms with Gasteiger partial charge in [0.05, 0.1) is 12.8 Å². The molecule has 0 N–H and O–H groups in total. The van der Waals surface area contributed by atoms with Crippen molar-refractivity contribution in [3.8, 4) is 11.4 Å². The Morgan fingerprint density at radius 1 is 1.33 bits per heavy atom. The van der Waals surface area contributed by atoms with Gasteiger partial charge in [-0.15, -0.1) is 10.2 Å². The Bertz CT molecular complexity index is 590. The van der Waals surface area contributed by atoms with E-state index in [1.165, 1.54) is 0 Å². The largest absolute Gasteiger partial charge is 0.495 e. The minimum Gasteiger partial charge on any atom is -0.495 e. The summed E-state index contributed by atoms with van der Waals surface area (Å²) in [5, 5.41) is 8.56. The fourth-order valence-electron chi connectivity index (χ4n) is 2.08.